The summed E-state index contributed by atoms with van der Waals surface area (Å²) in [6, 6.07) is 11.3. The van der Waals surface area contributed by atoms with E-state index in [9.17, 15) is 13.6 Å². The van der Waals surface area contributed by atoms with Gasteiger partial charge in [-0.1, -0.05) is 33.7 Å². The minimum Gasteiger partial charge on any atom is -0.592 e. The highest BCUT2D eigenvalue weighted by Gasteiger charge is 2.54. The molecule has 1 fully saturated rings. The van der Waals surface area contributed by atoms with Crippen molar-refractivity contribution < 1.29 is 13.6 Å². The minimum absolute atomic E-state index is 0.00101. The van der Waals surface area contributed by atoms with E-state index in [2.05, 4.69) is 0 Å². The van der Waals surface area contributed by atoms with Gasteiger partial charge in [0.15, 0.2) is 10.4 Å². The number of hydrogen-bond donors (Lipinski definition) is 0. The summed E-state index contributed by atoms with van der Waals surface area (Å²) >= 11 is 1.24. The maximum Gasteiger partial charge on any atom is 0.229 e. The Bertz CT molecular complexity index is 828. The number of fused-ring (bicyclic) bond motifs is 1. The van der Waals surface area contributed by atoms with Crippen LogP contribution in [0.1, 0.15) is 12.5 Å². The summed E-state index contributed by atoms with van der Waals surface area (Å²) in [5.74, 6) is 0.00101. The number of thiophene rings is 1. The van der Waals surface area contributed by atoms with Gasteiger partial charge in [0.05, 0.1) is 13.1 Å². The fourth-order valence-electron chi connectivity index (χ4n) is 3.71. The van der Waals surface area contributed by atoms with Crippen molar-refractivity contribution in [2.45, 2.75) is 17.6 Å². The molecule has 1 aromatic carbocycles. The van der Waals surface area contributed by atoms with Crippen molar-refractivity contribution in [3.63, 3.8) is 0 Å². The van der Waals surface area contributed by atoms with Crippen LogP contribution in [0.5, 0.6) is 0 Å². The predicted octanol–water partition coefficient (Wildman–Crippen LogP) is 2.56. The van der Waals surface area contributed by atoms with Crippen molar-refractivity contribution in [3.05, 3.63) is 47.3 Å². The van der Waals surface area contributed by atoms with Crippen LogP contribution < -0.4 is 4.90 Å². The number of carbonyl (C=O) groups is 1. The zero-order valence-electron chi connectivity index (χ0n) is 13.3. The summed E-state index contributed by atoms with van der Waals surface area (Å²) in [6.07, 6.45) is 0.809. The fraction of sp³-hybridized carbons (Fsp3) is 0.353. The van der Waals surface area contributed by atoms with Crippen molar-refractivity contribution in [2.75, 3.05) is 24.5 Å². The molecule has 3 heterocycles. The number of benzene rings is 1. The van der Waals surface area contributed by atoms with Crippen molar-refractivity contribution in [1.82, 2.24) is 4.31 Å². The number of carbonyl (C=O) groups excluding carboxylic acids is 1. The normalized spacial score (nSPS) is 21.8. The van der Waals surface area contributed by atoms with E-state index in [1.165, 1.54) is 15.6 Å². The van der Waals surface area contributed by atoms with Crippen LogP contribution in [-0.2, 0) is 25.8 Å². The third kappa shape index (κ3) is 2.43. The highest BCUT2D eigenvalue weighted by Crippen LogP contribution is 2.45. The van der Waals surface area contributed by atoms with E-state index in [-0.39, 0.29) is 11.3 Å². The maximum atomic E-state index is 12.6. The maximum absolute atomic E-state index is 12.6. The van der Waals surface area contributed by atoms with Gasteiger partial charge < -0.3 is 9.45 Å². The second kappa shape index (κ2) is 5.49. The molecule has 2 aliphatic heterocycles. The van der Waals surface area contributed by atoms with Crippen molar-refractivity contribution in [1.29, 1.82) is 0 Å². The van der Waals surface area contributed by atoms with Crippen molar-refractivity contribution in [3.8, 4) is 0 Å². The van der Waals surface area contributed by atoms with Gasteiger partial charge in [-0.15, -0.1) is 4.31 Å². The Hall–Kier alpha value is -1.54. The van der Waals surface area contributed by atoms with Gasteiger partial charge in [0.2, 0.25) is 10.1 Å². The average Bonchev–Trinajstić information content (AvgIpc) is 3.06. The van der Waals surface area contributed by atoms with Crippen LogP contribution in [0.2, 0.25) is 0 Å². The topological polar surface area (TPSA) is 63.7 Å². The van der Waals surface area contributed by atoms with E-state index in [1.807, 2.05) is 24.3 Å². The fourth-order valence-corrected chi connectivity index (χ4v) is 6.52. The van der Waals surface area contributed by atoms with Gasteiger partial charge in [-0.05, 0) is 29.5 Å². The molecule has 5 nitrogen and oxygen atoms in total. The Morgan fingerprint density at radius 1 is 1.21 bits per heavy atom. The molecule has 7 heteroatoms. The van der Waals surface area contributed by atoms with Gasteiger partial charge >= 0.3 is 0 Å². The SMILES string of the molecule is CC(=O)N1CC2(Cc3ccccc31)CN([S+](=O)([O-])c1cccs1)C2. The van der Waals surface area contributed by atoms with Crippen LogP contribution in [0.4, 0.5) is 5.69 Å². The van der Waals surface area contributed by atoms with E-state index in [4.69, 9.17) is 0 Å². The largest absolute Gasteiger partial charge is 0.592 e. The van der Waals surface area contributed by atoms with Crippen LogP contribution in [0.3, 0.4) is 0 Å². The first kappa shape index (κ1) is 16.0. The van der Waals surface area contributed by atoms with Crippen LogP contribution in [0, 0.1) is 5.41 Å². The molecule has 1 amide bonds. The predicted molar refractivity (Wildman–Crippen MR) is 93.6 cm³/mol. The second-order valence-corrected chi connectivity index (χ2v) is 9.73. The number of anilines is 1. The lowest BCUT2D eigenvalue weighted by molar-refractivity contribution is -0.117. The standard InChI is InChI=1S/C17H18N2O3S2/c1-13(20)19-12-17(9-14-5-2-3-6-15(14)19)10-18(11-17)24(21,22)16-7-4-8-23-16/h2-8H,9-12H2,1H3. The summed E-state index contributed by atoms with van der Waals surface area (Å²) in [6.45, 7) is 3.07. The van der Waals surface area contributed by atoms with Gasteiger partial charge in [0.25, 0.3) is 0 Å². The molecule has 0 aliphatic carbocycles. The lowest BCUT2D eigenvalue weighted by Crippen LogP contribution is -2.66. The molecule has 0 saturated carbocycles. The first-order chi connectivity index (χ1) is 11.4. The Morgan fingerprint density at radius 3 is 2.62 bits per heavy atom. The third-order valence-electron chi connectivity index (χ3n) is 4.83. The lowest BCUT2D eigenvalue weighted by atomic mass is 9.73. The van der Waals surface area contributed by atoms with E-state index in [0.29, 0.717) is 23.8 Å². The molecule has 0 radical (unpaired) electrons. The van der Waals surface area contributed by atoms with Gasteiger partial charge in [-0.3, -0.25) is 4.79 Å². The zero-order valence-corrected chi connectivity index (χ0v) is 14.9. The van der Waals surface area contributed by atoms with E-state index < -0.39 is 10.4 Å². The first-order valence-corrected chi connectivity index (χ1v) is 10.1. The Balaban J connectivity index is 1.59. The van der Waals surface area contributed by atoms with Crippen LogP contribution in [0.15, 0.2) is 46.0 Å². The van der Waals surface area contributed by atoms with Crippen LogP contribution in [-0.4, -0.2) is 34.4 Å². The Morgan fingerprint density at radius 2 is 1.96 bits per heavy atom. The minimum atomic E-state index is -3.40. The highest BCUT2D eigenvalue weighted by molar-refractivity contribution is 7.97. The van der Waals surface area contributed by atoms with Gasteiger partial charge in [-0.25, -0.2) is 0 Å². The smallest absolute Gasteiger partial charge is 0.229 e. The summed E-state index contributed by atoms with van der Waals surface area (Å²) < 4.78 is 27.2. The molecular weight excluding hydrogens is 344 g/mol. The molecular formula is C17H18N2O3S2. The van der Waals surface area contributed by atoms with Crippen molar-refractivity contribution >= 4 is 33.3 Å². The molecule has 1 atom stereocenters. The van der Waals surface area contributed by atoms with Crippen molar-refractivity contribution in [2.24, 2.45) is 5.41 Å². The second-order valence-electron chi connectivity index (χ2n) is 6.62. The monoisotopic (exact) mass is 362 g/mol. The summed E-state index contributed by atoms with van der Waals surface area (Å²) in [5, 5.41) is 1.77. The van der Waals surface area contributed by atoms with Gasteiger partial charge in [-0.2, -0.15) is 0 Å². The lowest BCUT2D eigenvalue weighted by Gasteiger charge is -2.53. The number of rotatable bonds is 2. The van der Waals surface area contributed by atoms with Gasteiger partial charge in [0.1, 0.15) is 0 Å². The van der Waals surface area contributed by atoms with Crippen LogP contribution >= 0.6 is 11.3 Å². The molecule has 0 bridgehead atoms. The number of hydrogen-bond acceptors (Lipinski definition) is 4. The molecule has 4 rings (SSSR count). The Kier molecular flexibility index (Phi) is 3.65. The number of nitrogens with zero attached hydrogens (tertiary/aromatic N) is 2. The summed E-state index contributed by atoms with van der Waals surface area (Å²) in [5.41, 5.74) is 1.90. The molecule has 1 unspecified atom stereocenters. The summed E-state index contributed by atoms with van der Waals surface area (Å²) in [4.78, 5) is 13.8. The van der Waals surface area contributed by atoms with E-state index in [0.717, 1.165) is 17.7 Å². The zero-order chi connectivity index (χ0) is 16.9. The molecule has 1 spiro atoms. The molecule has 0 N–H and O–H groups in total. The number of amides is 1. The van der Waals surface area contributed by atoms with Crippen LogP contribution in [0.25, 0.3) is 0 Å². The average molecular weight is 362 g/mol. The third-order valence-corrected chi connectivity index (χ3v) is 8.00. The van der Waals surface area contributed by atoms with E-state index in [1.54, 1.807) is 29.3 Å². The molecule has 126 valence electrons. The highest BCUT2D eigenvalue weighted by atomic mass is 32.3. The van der Waals surface area contributed by atoms with Gasteiger partial charge in [0, 0.05) is 30.6 Å². The molecule has 2 aliphatic rings. The number of sulfonamides is 1. The molecule has 1 aromatic heterocycles. The molecule has 1 saturated heterocycles. The Labute approximate surface area is 146 Å². The summed E-state index contributed by atoms with van der Waals surface area (Å²) in [7, 11) is -3.40. The first-order valence-electron chi connectivity index (χ1n) is 7.81. The quantitative estimate of drug-likeness (QED) is 0.771. The molecule has 24 heavy (non-hydrogen) atoms. The molecule has 2 aromatic rings. The number of para-hydroxylation sites is 1. The van der Waals surface area contributed by atoms with E-state index >= 15 is 0 Å².